The summed E-state index contributed by atoms with van der Waals surface area (Å²) in [5.74, 6) is 0.453. The lowest BCUT2D eigenvalue weighted by molar-refractivity contribution is 0.349. The monoisotopic (exact) mass is 169 g/mol. The Kier molecular flexibility index (Phi) is 2.93. The Balaban J connectivity index is 2.69. The first-order valence-electron chi connectivity index (χ1n) is 3.19. The molecule has 0 N–H and O–H groups in total. The first-order chi connectivity index (χ1) is 5.34. The minimum atomic E-state index is 0.427. The van der Waals surface area contributed by atoms with Crippen LogP contribution in [0.4, 0.5) is 0 Å². The van der Waals surface area contributed by atoms with Crippen LogP contribution in [0, 0.1) is 0 Å². The van der Waals surface area contributed by atoms with Crippen LogP contribution in [-0.2, 0) is 0 Å². The molecule has 58 valence electrons. The first kappa shape index (κ1) is 8.08. The van der Waals surface area contributed by atoms with Crippen molar-refractivity contribution in [2.24, 2.45) is 0 Å². The van der Waals surface area contributed by atoms with Gasteiger partial charge in [-0.1, -0.05) is 24.3 Å². The molecule has 1 rings (SSSR count). The summed E-state index contributed by atoms with van der Waals surface area (Å²) >= 11 is 5.74. The van der Waals surface area contributed by atoms with Crippen LogP contribution in [0.5, 0.6) is 5.88 Å². The van der Waals surface area contributed by atoms with E-state index in [1.54, 1.807) is 24.4 Å². The van der Waals surface area contributed by atoms with Gasteiger partial charge in [0.1, 0.15) is 11.6 Å². The number of ether oxygens (including phenoxy) is 1. The van der Waals surface area contributed by atoms with Gasteiger partial charge in [0.05, 0.1) is 0 Å². The molecule has 1 aromatic heterocycles. The molecule has 11 heavy (non-hydrogen) atoms. The maximum absolute atomic E-state index is 5.74. The van der Waals surface area contributed by atoms with E-state index in [-0.39, 0.29) is 0 Å². The van der Waals surface area contributed by atoms with E-state index in [1.807, 2.05) is 0 Å². The molecule has 0 aromatic carbocycles. The van der Waals surface area contributed by atoms with Crippen molar-refractivity contribution in [1.29, 1.82) is 0 Å². The van der Waals surface area contributed by atoms with Crippen molar-refractivity contribution in [2.45, 2.75) is 0 Å². The van der Waals surface area contributed by atoms with Gasteiger partial charge in [-0.15, -0.1) is 0 Å². The maximum atomic E-state index is 5.74. The maximum Gasteiger partial charge on any atom is 0.232 e. The fourth-order valence-corrected chi connectivity index (χ4v) is 0.791. The molecular formula is C8H8ClNO. The lowest BCUT2D eigenvalue weighted by Crippen LogP contribution is -1.95. The second-order valence-electron chi connectivity index (χ2n) is 1.89. The molecule has 0 aliphatic carbocycles. The number of halogens is 1. The Morgan fingerprint density at radius 2 is 2.55 bits per heavy atom. The van der Waals surface area contributed by atoms with Gasteiger partial charge in [-0.3, -0.25) is 0 Å². The van der Waals surface area contributed by atoms with Gasteiger partial charge in [-0.2, -0.15) is 0 Å². The molecule has 0 radical (unpaired) electrons. The van der Waals surface area contributed by atoms with Crippen LogP contribution in [0.1, 0.15) is 0 Å². The van der Waals surface area contributed by atoms with E-state index in [0.29, 0.717) is 17.5 Å². The van der Waals surface area contributed by atoms with Crippen LogP contribution in [-0.4, -0.2) is 11.6 Å². The van der Waals surface area contributed by atoms with Gasteiger partial charge in [0, 0.05) is 6.20 Å². The average molecular weight is 170 g/mol. The standard InChI is InChI=1S/C8H8ClNO/c1-2-6-11-8-7(9)4-3-5-10-8/h2-5H,1,6H2. The second-order valence-corrected chi connectivity index (χ2v) is 2.30. The lowest BCUT2D eigenvalue weighted by Gasteiger charge is -2.01. The summed E-state index contributed by atoms with van der Waals surface area (Å²) in [6, 6.07) is 3.48. The molecule has 0 aliphatic rings. The molecule has 0 fully saturated rings. The summed E-state index contributed by atoms with van der Waals surface area (Å²) in [4.78, 5) is 3.91. The van der Waals surface area contributed by atoms with Crippen LogP contribution in [0.25, 0.3) is 0 Å². The smallest absolute Gasteiger partial charge is 0.232 e. The van der Waals surface area contributed by atoms with Gasteiger partial charge < -0.3 is 4.74 Å². The van der Waals surface area contributed by atoms with Crippen LogP contribution < -0.4 is 4.74 Å². The number of nitrogens with zero attached hydrogens (tertiary/aromatic N) is 1. The fourth-order valence-electron chi connectivity index (χ4n) is 0.615. The zero-order chi connectivity index (χ0) is 8.10. The van der Waals surface area contributed by atoms with E-state index in [1.165, 1.54) is 0 Å². The van der Waals surface area contributed by atoms with Crippen molar-refractivity contribution in [2.75, 3.05) is 6.61 Å². The number of pyridine rings is 1. The predicted octanol–water partition coefficient (Wildman–Crippen LogP) is 2.30. The number of hydrogen-bond donors (Lipinski definition) is 0. The van der Waals surface area contributed by atoms with Crippen molar-refractivity contribution in [3.63, 3.8) is 0 Å². The zero-order valence-electron chi connectivity index (χ0n) is 5.96. The third-order valence-corrected chi connectivity index (χ3v) is 1.35. The Labute approximate surface area is 70.5 Å². The summed E-state index contributed by atoms with van der Waals surface area (Å²) in [5.41, 5.74) is 0. The summed E-state index contributed by atoms with van der Waals surface area (Å²) in [7, 11) is 0. The molecule has 3 heteroatoms. The molecule has 0 aliphatic heterocycles. The zero-order valence-corrected chi connectivity index (χ0v) is 6.71. The molecule has 2 nitrogen and oxygen atoms in total. The van der Waals surface area contributed by atoms with Crippen LogP contribution in [0.15, 0.2) is 31.0 Å². The van der Waals surface area contributed by atoms with Crippen molar-refractivity contribution in [3.8, 4) is 5.88 Å². The predicted molar refractivity (Wildman–Crippen MR) is 44.9 cm³/mol. The topological polar surface area (TPSA) is 22.1 Å². The largest absolute Gasteiger partial charge is 0.472 e. The lowest BCUT2D eigenvalue weighted by atomic mass is 10.5. The first-order valence-corrected chi connectivity index (χ1v) is 3.56. The van der Waals surface area contributed by atoms with Crippen LogP contribution in [0.3, 0.4) is 0 Å². The van der Waals surface area contributed by atoms with Gasteiger partial charge in [0.15, 0.2) is 0 Å². The second kappa shape index (κ2) is 3.98. The highest BCUT2D eigenvalue weighted by Gasteiger charge is 1.98. The minimum absolute atomic E-state index is 0.427. The van der Waals surface area contributed by atoms with E-state index < -0.39 is 0 Å². The fraction of sp³-hybridized carbons (Fsp3) is 0.125. The molecule has 0 atom stereocenters. The van der Waals surface area contributed by atoms with Crippen LogP contribution >= 0.6 is 11.6 Å². The number of hydrogen-bond acceptors (Lipinski definition) is 2. The third kappa shape index (κ3) is 2.24. The van der Waals surface area contributed by atoms with Gasteiger partial charge in [0.2, 0.25) is 5.88 Å². The minimum Gasteiger partial charge on any atom is -0.472 e. The number of rotatable bonds is 3. The highest BCUT2D eigenvalue weighted by Crippen LogP contribution is 2.19. The molecule has 0 unspecified atom stereocenters. The van der Waals surface area contributed by atoms with Gasteiger partial charge in [-0.05, 0) is 12.1 Å². The molecule has 0 amide bonds. The Morgan fingerprint density at radius 3 is 3.18 bits per heavy atom. The molecule has 0 bridgehead atoms. The van der Waals surface area contributed by atoms with Crippen LogP contribution in [0.2, 0.25) is 5.02 Å². The van der Waals surface area contributed by atoms with Crippen molar-refractivity contribution < 1.29 is 4.74 Å². The summed E-state index contributed by atoms with van der Waals surface area (Å²) in [6.07, 6.45) is 3.27. The third-order valence-electron chi connectivity index (χ3n) is 1.06. The quantitative estimate of drug-likeness (QED) is 0.648. The van der Waals surface area contributed by atoms with E-state index in [0.717, 1.165) is 0 Å². The van der Waals surface area contributed by atoms with Gasteiger partial charge in [0.25, 0.3) is 0 Å². The van der Waals surface area contributed by atoms with Gasteiger partial charge in [-0.25, -0.2) is 4.98 Å². The SMILES string of the molecule is C=CCOc1ncccc1Cl. The molecule has 1 aromatic rings. The summed E-state index contributed by atoms with van der Waals surface area (Å²) in [5, 5.41) is 0.523. The molecule has 1 heterocycles. The van der Waals surface area contributed by atoms with E-state index in [9.17, 15) is 0 Å². The Morgan fingerprint density at radius 1 is 1.73 bits per heavy atom. The summed E-state index contributed by atoms with van der Waals surface area (Å²) < 4.78 is 5.12. The average Bonchev–Trinajstić information content (AvgIpc) is 2.03. The molecule has 0 spiro atoms. The molecule has 0 saturated heterocycles. The van der Waals surface area contributed by atoms with Crippen molar-refractivity contribution in [3.05, 3.63) is 36.0 Å². The van der Waals surface area contributed by atoms with Crippen molar-refractivity contribution in [1.82, 2.24) is 4.98 Å². The molecular weight excluding hydrogens is 162 g/mol. The van der Waals surface area contributed by atoms with E-state index in [2.05, 4.69) is 11.6 Å². The Bertz CT molecular complexity index is 250. The highest BCUT2D eigenvalue weighted by atomic mass is 35.5. The Hall–Kier alpha value is -1.02. The van der Waals surface area contributed by atoms with Gasteiger partial charge >= 0.3 is 0 Å². The highest BCUT2D eigenvalue weighted by molar-refractivity contribution is 6.31. The van der Waals surface area contributed by atoms with E-state index in [4.69, 9.17) is 16.3 Å². The number of aromatic nitrogens is 1. The van der Waals surface area contributed by atoms with Crippen molar-refractivity contribution >= 4 is 11.6 Å². The normalized spacial score (nSPS) is 9.18. The van der Waals surface area contributed by atoms with E-state index >= 15 is 0 Å². The molecule has 0 saturated carbocycles. The summed E-state index contributed by atoms with van der Waals surface area (Å²) in [6.45, 7) is 3.94.